The molecule has 0 N–H and O–H groups in total. The van der Waals surface area contributed by atoms with Crippen molar-refractivity contribution in [2.24, 2.45) is 0 Å². The van der Waals surface area contributed by atoms with Crippen LogP contribution in [0.3, 0.4) is 0 Å². The van der Waals surface area contributed by atoms with Crippen LogP contribution in [-0.4, -0.2) is 28.3 Å². The molecule has 1 aromatic heterocycles. The molecule has 120 valence electrons. The summed E-state index contributed by atoms with van der Waals surface area (Å²) in [5.74, 6) is 0. The molecule has 0 saturated heterocycles. The van der Waals surface area contributed by atoms with Gasteiger partial charge in [0.25, 0.3) is 0 Å². The number of aromatic nitrogens is 2. The van der Waals surface area contributed by atoms with E-state index in [1.807, 2.05) is 6.20 Å². The Bertz CT molecular complexity index is 371. The van der Waals surface area contributed by atoms with Gasteiger partial charge >= 0.3 is 136 Å². The summed E-state index contributed by atoms with van der Waals surface area (Å²) < 4.78 is 5.91. The minimum absolute atomic E-state index is 1.01. The van der Waals surface area contributed by atoms with Gasteiger partial charge in [-0.1, -0.05) is 0 Å². The molecule has 0 aromatic carbocycles. The van der Waals surface area contributed by atoms with E-state index in [0.29, 0.717) is 0 Å². The first-order chi connectivity index (χ1) is 10.2. The average molecular weight is 397 g/mol. The number of hydrogen-bond acceptors (Lipinski definition) is 2. The van der Waals surface area contributed by atoms with E-state index in [4.69, 9.17) is 4.98 Å². The van der Waals surface area contributed by atoms with Gasteiger partial charge in [0.05, 0.1) is 0 Å². The molecule has 0 aliphatic rings. The van der Waals surface area contributed by atoms with Crippen molar-refractivity contribution >= 4 is 22.1 Å². The van der Waals surface area contributed by atoms with Crippen LogP contribution >= 0.6 is 0 Å². The summed E-state index contributed by atoms with van der Waals surface area (Å²) >= 11 is -2.34. The predicted molar refractivity (Wildman–Crippen MR) is 95.9 cm³/mol. The molecule has 0 aliphatic heterocycles. The fourth-order valence-corrected chi connectivity index (χ4v) is 18.4. The molecule has 0 radical (unpaired) electrons. The Labute approximate surface area is 136 Å². The van der Waals surface area contributed by atoms with Gasteiger partial charge in [-0.15, -0.1) is 0 Å². The average Bonchev–Trinajstić information content (AvgIpc) is 2.54. The van der Waals surface area contributed by atoms with Gasteiger partial charge in [-0.2, -0.15) is 0 Å². The first-order valence-corrected chi connectivity index (χ1v) is 16.5. The number of aryl methyl sites for hydroxylation is 1. The second kappa shape index (κ2) is 10.6. The summed E-state index contributed by atoms with van der Waals surface area (Å²) in [6, 6.07) is 0. The zero-order chi connectivity index (χ0) is 15.6. The van der Waals surface area contributed by atoms with E-state index in [2.05, 4.69) is 38.9 Å². The van der Waals surface area contributed by atoms with Crippen LogP contribution in [0.4, 0.5) is 0 Å². The van der Waals surface area contributed by atoms with Crippen LogP contribution in [0.25, 0.3) is 0 Å². The summed E-state index contributed by atoms with van der Waals surface area (Å²) in [5.41, 5.74) is 1.19. The van der Waals surface area contributed by atoms with Crippen LogP contribution in [-0.2, 0) is 6.42 Å². The maximum atomic E-state index is 5.05. The first kappa shape index (κ1) is 18.9. The van der Waals surface area contributed by atoms with Crippen molar-refractivity contribution in [1.82, 2.24) is 9.97 Å². The molecule has 0 bridgehead atoms. The molecule has 21 heavy (non-hydrogen) atoms. The van der Waals surface area contributed by atoms with Gasteiger partial charge in [0, 0.05) is 0 Å². The predicted octanol–water partition coefficient (Wildman–Crippen LogP) is 5.10. The van der Waals surface area contributed by atoms with Crippen LogP contribution in [0, 0.1) is 0 Å². The van der Waals surface area contributed by atoms with E-state index in [-0.39, 0.29) is 0 Å². The molecule has 3 heteroatoms. The number of unbranched alkanes of at least 4 members (excludes halogenated alkanes) is 3. The molecule has 0 amide bonds. The molecule has 0 saturated carbocycles. The van der Waals surface area contributed by atoms with Crippen LogP contribution in [0.1, 0.15) is 71.9 Å². The van der Waals surface area contributed by atoms with Gasteiger partial charge in [0.15, 0.2) is 0 Å². The Morgan fingerprint density at radius 1 is 0.810 bits per heavy atom. The van der Waals surface area contributed by atoms with Gasteiger partial charge in [-0.05, 0) is 0 Å². The summed E-state index contributed by atoms with van der Waals surface area (Å²) in [6.45, 7) is 9.16. The van der Waals surface area contributed by atoms with Crippen LogP contribution in [0.5, 0.6) is 0 Å². The molecule has 1 aromatic rings. The van der Waals surface area contributed by atoms with Gasteiger partial charge < -0.3 is 0 Å². The Morgan fingerprint density at radius 3 is 1.76 bits per heavy atom. The zero-order valence-corrected chi connectivity index (χ0v) is 17.5. The van der Waals surface area contributed by atoms with E-state index in [9.17, 15) is 0 Å². The second-order valence-corrected chi connectivity index (χ2v) is 19.4. The van der Waals surface area contributed by atoms with E-state index in [0.717, 1.165) is 6.42 Å². The Balaban J connectivity index is 3.09. The van der Waals surface area contributed by atoms with Gasteiger partial charge in [0.1, 0.15) is 0 Å². The van der Waals surface area contributed by atoms with Crippen molar-refractivity contribution in [2.45, 2.75) is 86.0 Å². The molecule has 0 unspecified atom stereocenters. The summed E-state index contributed by atoms with van der Waals surface area (Å²) in [4.78, 5) is 9.59. The molecule has 0 aliphatic carbocycles. The standard InChI is InChI=1S/C6H7N2.3C4H9.Sn/c1-2-6-5-7-3-4-8-6;3*1-3-4-2;/h3,5H,2H2,1H3;3*1,3-4H2,2H3;. The number of nitrogens with zero attached hydrogens (tertiary/aromatic N) is 2. The van der Waals surface area contributed by atoms with Crippen molar-refractivity contribution < 1.29 is 0 Å². The molecule has 0 fully saturated rings. The van der Waals surface area contributed by atoms with Crippen molar-refractivity contribution in [3.8, 4) is 0 Å². The van der Waals surface area contributed by atoms with E-state index in [1.165, 1.54) is 61.2 Å². The van der Waals surface area contributed by atoms with Gasteiger partial charge in [-0.3, -0.25) is 0 Å². The third-order valence-corrected chi connectivity index (χ3v) is 19.6. The van der Waals surface area contributed by atoms with Crippen LogP contribution < -0.4 is 3.71 Å². The fraction of sp³-hybridized carbons (Fsp3) is 0.778. The molecule has 1 rings (SSSR count). The van der Waals surface area contributed by atoms with Gasteiger partial charge in [-0.25, -0.2) is 0 Å². The Kier molecular flexibility index (Phi) is 9.53. The first-order valence-electron chi connectivity index (χ1n) is 9.03. The third kappa shape index (κ3) is 5.88. The Hall–Kier alpha value is -0.121. The monoisotopic (exact) mass is 398 g/mol. The van der Waals surface area contributed by atoms with Crippen molar-refractivity contribution in [3.63, 3.8) is 0 Å². The van der Waals surface area contributed by atoms with E-state index < -0.39 is 18.4 Å². The molecule has 1 heterocycles. The summed E-state index contributed by atoms with van der Waals surface area (Å²) in [6.07, 6.45) is 13.2. The van der Waals surface area contributed by atoms with E-state index >= 15 is 0 Å². The quantitative estimate of drug-likeness (QED) is 0.486. The fourth-order valence-electron chi connectivity index (χ4n) is 3.14. The maximum absolute atomic E-state index is 5.05. The minimum atomic E-state index is -2.34. The molecular formula is C18H34N2Sn. The third-order valence-electron chi connectivity index (χ3n) is 4.62. The number of rotatable bonds is 11. The molecule has 0 spiro atoms. The van der Waals surface area contributed by atoms with Gasteiger partial charge in [0.2, 0.25) is 0 Å². The van der Waals surface area contributed by atoms with E-state index in [1.54, 1.807) is 0 Å². The van der Waals surface area contributed by atoms with Crippen molar-refractivity contribution in [3.05, 3.63) is 18.1 Å². The molecular weight excluding hydrogens is 363 g/mol. The molecule has 2 nitrogen and oxygen atoms in total. The van der Waals surface area contributed by atoms with Crippen LogP contribution in [0.15, 0.2) is 12.4 Å². The Morgan fingerprint density at radius 2 is 1.33 bits per heavy atom. The van der Waals surface area contributed by atoms with Crippen LogP contribution in [0.2, 0.25) is 13.3 Å². The zero-order valence-electron chi connectivity index (χ0n) is 14.6. The second-order valence-electron chi connectivity index (χ2n) is 6.34. The topological polar surface area (TPSA) is 25.8 Å². The van der Waals surface area contributed by atoms with Crippen molar-refractivity contribution in [2.75, 3.05) is 0 Å². The normalized spacial score (nSPS) is 11.8. The summed E-state index contributed by atoms with van der Waals surface area (Å²) in [7, 11) is 0. The van der Waals surface area contributed by atoms with Crippen molar-refractivity contribution in [1.29, 1.82) is 0 Å². The summed E-state index contributed by atoms with van der Waals surface area (Å²) in [5, 5.41) is 0. The molecule has 0 atom stereocenters. The SMILES string of the molecule is CCC[CH2][Sn]([CH2]CCC)([CH2]CCC)[c]1cncc(CC)n1. The number of hydrogen-bond donors (Lipinski definition) is 0.